The number of aliphatic hydroxyl groups is 1. The standard InChI is InChI=1S/C16H16O4/c1-19-15-8-10(6-7-13(15)17)12-9-20-14-5-3-2-4-11(14)16(12)18/h2-8,12,16-18H,9H2,1H3/t12-,16+/m1/s1. The van der Waals surface area contributed by atoms with Crippen molar-refractivity contribution in [2.75, 3.05) is 13.7 Å². The topological polar surface area (TPSA) is 58.9 Å². The molecule has 0 aliphatic carbocycles. The van der Waals surface area contributed by atoms with Gasteiger partial charge in [0.25, 0.3) is 0 Å². The molecule has 0 bridgehead atoms. The van der Waals surface area contributed by atoms with Crippen LogP contribution in [0.15, 0.2) is 42.5 Å². The van der Waals surface area contributed by atoms with E-state index in [-0.39, 0.29) is 11.7 Å². The van der Waals surface area contributed by atoms with Crippen LogP contribution in [-0.2, 0) is 0 Å². The summed E-state index contributed by atoms with van der Waals surface area (Å²) in [5, 5.41) is 20.2. The molecule has 0 aromatic heterocycles. The summed E-state index contributed by atoms with van der Waals surface area (Å²) in [6, 6.07) is 12.6. The van der Waals surface area contributed by atoms with Crippen molar-refractivity contribution >= 4 is 0 Å². The molecule has 2 N–H and O–H groups in total. The summed E-state index contributed by atoms with van der Waals surface area (Å²) in [5.41, 5.74) is 1.66. The van der Waals surface area contributed by atoms with Gasteiger partial charge in [-0.1, -0.05) is 24.3 Å². The molecule has 0 spiro atoms. The van der Waals surface area contributed by atoms with E-state index < -0.39 is 6.10 Å². The molecule has 0 radical (unpaired) electrons. The first-order valence-corrected chi connectivity index (χ1v) is 6.47. The second-order valence-electron chi connectivity index (χ2n) is 4.83. The van der Waals surface area contributed by atoms with Gasteiger partial charge in [-0.3, -0.25) is 0 Å². The average Bonchev–Trinajstić information content (AvgIpc) is 2.49. The molecular weight excluding hydrogens is 256 g/mol. The molecule has 0 amide bonds. The third-order valence-corrected chi connectivity index (χ3v) is 3.67. The molecule has 4 nitrogen and oxygen atoms in total. The SMILES string of the molecule is COc1cc([C@H]2COc3ccccc3[C@@H]2O)ccc1O. The number of phenols is 1. The molecule has 104 valence electrons. The predicted octanol–water partition coefficient (Wildman–Crippen LogP) is 2.61. The molecule has 2 aromatic rings. The first-order chi connectivity index (χ1) is 9.70. The highest BCUT2D eigenvalue weighted by Crippen LogP contribution is 2.41. The van der Waals surface area contributed by atoms with Crippen LogP contribution in [0, 0.1) is 0 Å². The summed E-state index contributed by atoms with van der Waals surface area (Å²) in [6.45, 7) is 0.395. The van der Waals surface area contributed by atoms with Crippen LogP contribution in [-0.4, -0.2) is 23.9 Å². The second kappa shape index (κ2) is 5.06. The number of rotatable bonds is 2. The van der Waals surface area contributed by atoms with Crippen LogP contribution in [0.25, 0.3) is 0 Å². The Morgan fingerprint density at radius 3 is 2.80 bits per heavy atom. The number of hydrogen-bond donors (Lipinski definition) is 2. The van der Waals surface area contributed by atoms with E-state index in [1.807, 2.05) is 24.3 Å². The minimum atomic E-state index is -0.630. The van der Waals surface area contributed by atoms with Gasteiger partial charge in [0.15, 0.2) is 11.5 Å². The number of benzene rings is 2. The van der Waals surface area contributed by atoms with Crippen LogP contribution in [0.5, 0.6) is 17.2 Å². The Hall–Kier alpha value is -2.20. The van der Waals surface area contributed by atoms with Crippen molar-refractivity contribution < 1.29 is 19.7 Å². The first kappa shape index (κ1) is 12.8. The average molecular weight is 272 g/mol. The van der Waals surface area contributed by atoms with Gasteiger partial charge in [-0.05, 0) is 23.8 Å². The van der Waals surface area contributed by atoms with Crippen LogP contribution < -0.4 is 9.47 Å². The van der Waals surface area contributed by atoms with E-state index >= 15 is 0 Å². The number of fused-ring (bicyclic) bond motifs is 1. The van der Waals surface area contributed by atoms with Gasteiger partial charge in [0.2, 0.25) is 0 Å². The predicted molar refractivity (Wildman–Crippen MR) is 74.3 cm³/mol. The summed E-state index contributed by atoms with van der Waals surface area (Å²) in [4.78, 5) is 0. The van der Waals surface area contributed by atoms with E-state index in [0.29, 0.717) is 12.4 Å². The number of para-hydroxylation sites is 1. The lowest BCUT2D eigenvalue weighted by Crippen LogP contribution is -2.24. The van der Waals surface area contributed by atoms with E-state index in [9.17, 15) is 10.2 Å². The molecule has 1 aliphatic rings. The van der Waals surface area contributed by atoms with Crippen LogP contribution >= 0.6 is 0 Å². The van der Waals surface area contributed by atoms with Crippen molar-refractivity contribution in [2.45, 2.75) is 12.0 Å². The highest BCUT2D eigenvalue weighted by molar-refractivity contribution is 5.45. The van der Waals surface area contributed by atoms with Gasteiger partial charge in [-0.15, -0.1) is 0 Å². The van der Waals surface area contributed by atoms with E-state index in [1.165, 1.54) is 7.11 Å². The lowest BCUT2D eigenvalue weighted by Gasteiger charge is -2.30. The van der Waals surface area contributed by atoms with Crippen LogP contribution in [0.3, 0.4) is 0 Å². The number of hydrogen-bond acceptors (Lipinski definition) is 4. The Labute approximate surface area is 117 Å². The maximum absolute atomic E-state index is 10.5. The van der Waals surface area contributed by atoms with Crippen LogP contribution in [0.1, 0.15) is 23.1 Å². The zero-order chi connectivity index (χ0) is 14.1. The summed E-state index contributed by atoms with van der Waals surface area (Å²) >= 11 is 0. The molecule has 1 aliphatic heterocycles. The Morgan fingerprint density at radius 2 is 2.00 bits per heavy atom. The fraction of sp³-hybridized carbons (Fsp3) is 0.250. The van der Waals surface area contributed by atoms with Crippen LogP contribution in [0.2, 0.25) is 0 Å². The largest absolute Gasteiger partial charge is 0.504 e. The molecular formula is C16H16O4. The molecule has 0 saturated carbocycles. The van der Waals surface area contributed by atoms with Crippen molar-refractivity contribution in [3.63, 3.8) is 0 Å². The molecule has 0 fully saturated rings. The third-order valence-electron chi connectivity index (χ3n) is 3.67. The number of phenolic OH excluding ortho intramolecular Hbond substituents is 1. The van der Waals surface area contributed by atoms with Crippen LogP contribution in [0.4, 0.5) is 0 Å². The fourth-order valence-corrected chi connectivity index (χ4v) is 2.55. The van der Waals surface area contributed by atoms with Gasteiger partial charge in [0, 0.05) is 11.5 Å². The van der Waals surface area contributed by atoms with Gasteiger partial charge in [0.1, 0.15) is 5.75 Å². The molecule has 20 heavy (non-hydrogen) atoms. The molecule has 1 heterocycles. The smallest absolute Gasteiger partial charge is 0.160 e. The van der Waals surface area contributed by atoms with Gasteiger partial charge in [-0.25, -0.2) is 0 Å². The number of ether oxygens (including phenoxy) is 2. The van der Waals surface area contributed by atoms with E-state index in [0.717, 1.165) is 16.9 Å². The van der Waals surface area contributed by atoms with Gasteiger partial charge < -0.3 is 19.7 Å². The first-order valence-electron chi connectivity index (χ1n) is 6.47. The normalized spacial score (nSPS) is 20.9. The molecule has 2 aromatic carbocycles. The Bertz CT molecular complexity index is 624. The van der Waals surface area contributed by atoms with E-state index in [4.69, 9.17) is 9.47 Å². The van der Waals surface area contributed by atoms with E-state index in [1.54, 1.807) is 18.2 Å². The lowest BCUT2D eigenvalue weighted by molar-refractivity contribution is 0.0888. The van der Waals surface area contributed by atoms with Gasteiger partial charge >= 0.3 is 0 Å². The Balaban J connectivity index is 1.96. The quantitative estimate of drug-likeness (QED) is 0.882. The van der Waals surface area contributed by atoms with E-state index in [2.05, 4.69) is 0 Å². The Morgan fingerprint density at radius 1 is 1.20 bits per heavy atom. The number of aromatic hydroxyl groups is 1. The summed E-state index contributed by atoms with van der Waals surface area (Å²) in [5.74, 6) is 1.03. The molecule has 2 atom stereocenters. The van der Waals surface area contributed by atoms with Crippen molar-refractivity contribution in [2.24, 2.45) is 0 Å². The monoisotopic (exact) mass is 272 g/mol. The fourth-order valence-electron chi connectivity index (χ4n) is 2.55. The maximum atomic E-state index is 10.5. The lowest BCUT2D eigenvalue weighted by atomic mass is 9.87. The molecule has 0 saturated heterocycles. The zero-order valence-corrected chi connectivity index (χ0v) is 11.1. The summed E-state index contributed by atoms with van der Waals surface area (Å²) in [6.07, 6.45) is -0.630. The third kappa shape index (κ3) is 2.08. The minimum absolute atomic E-state index is 0.0860. The van der Waals surface area contributed by atoms with Gasteiger partial charge in [0.05, 0.1) is 19.8 Å². The second-order valence-corrected chi connectivity index (χ2v) is 4.83. The Kier molecular flexibility index (Phi) is 3.24. The zero-order valence-electron chi connectivity index (χ0n) is 11.1. The minimum Gasteiger partial charge on any atom is -0.504 e. The summed E-state index contributed by atoms with van der Waals surface area (Å²) in [7, 11) is 1.50. The van der Waals surface area contributed by atoms with Crippen molar-refractivity contribution in [1.82, 2.24) is 0 Å². The highest BCUT2D eigenvalue weighted by atomic mass is 16.5. The molecule has 0 unspecified atom stereocenters. The van der Waals surface area contributed by atoms with Gasteiger partial charge in [-0.2, -0.15) is 0 Å². The molecule has 3 rings (SSSR count). The number of aliphatic hydroxyl groups excluding tert-OH is 1. The summed E-state index contributed by atoms with van der Waals surface area (Å²) < 4.78 is 10.8. The number of methoxy groups -OCH3 is 1. The van der Waals surface area contributed by atoms with Crippen molar-refractivity contribution in [3.8, 4) is 17.2 Å². The molecule has 4 heteroatoms. The maximum Gasteiger partial charge on any atom is 0.160 e. The highest BCUT2D eigenvalue weighted by Gasteiger charge is 2.30. The van der Waals surface area contributed by atoms with Crippen molar-refractivity contribution in [3.05, 3.63) is 53.6 Å². The van der Waals surface area contributed by atoms with Crippen molar-refractivity contribution in [1.29, 1.82) is 0 Å².